The zero-order valence-corrected chi connectivity index (χ0v) is 14.1. The number of benzene rings is 1. The lowest BCUT2D eigenvalue weighted by Gasteiger charge is -2.11. The normalized spacial score (nSPS) is 10.6. The molecule has 0 radical (unpaired) electrons. The molecule has 0 aliphatic rings. The van der Waals surface area contributed by atoms with Gasteiger partial charge in [-0.15, -0.1) is 11.3 Å². The van der Waals surface area contributed by atoms with Crippen LogP contribution in [-0.2, 0) is 11.2 Å². The van der Waals surface area contributed by atoms with Crippen LogP contribution in [0, 0.1) is 6.92 Å². The number of imidazole rings is 1. The number of anilines is 2. The zero-order chi connectivity index (χ0) is 17.1. The van der Waals surface area contributed by atoms with Gasteiger partial charge in [0, 0.05) is 23.3 Å². The molecule has 0 unspecified atom stereocenters. The number of ether oxygens (including phenoxy) is 1. The molecular formula is C16H17N5O2S. The van der Waals surface area contributed by atoms with Crippen molar-refractivity contribution in [3.8, 4) is 11.4 Å². The van der Waals surface area contributed by atoms with E-state index in [1.165, 1.54) is 11.3 Å². The standard InChI is InChI=1S/C16H17N5O2S/c1-10-7-21(9-18-10)13-4-3-11(5-14(13)23-2)19-16-20-12(8-24-16)6-15(17)22/h3-5,7-9H,6H2,1-2H3,(H2,17,22)(H,19,20). The van der Waals surface area contributed by atoms with Gasteiger partial charge in [-0.05, 0) is 19.1 Å². The number of hydrogen-bond acceptors (Lipinski definition) is 6. The summed E-state index contributed by atoms with van der Waals surface area (Å²) >= 11 is 1.42. The summed E-state index contributed by atoms with van der Waals surface area (Å²) in [6.45, 7) is 1.94. The van der Waals surface area contributed by atoms with Crippen LogP contribution in [0.4, 0.5) is 10.8 Å². The number of rotatable bonds is 6. The molecule has 0 spiro atoms. The molecule has 3 N–H and O–H groups in total. The summed E-state index contributed by atoms with van der Waals surface area (Å²) in [7, 11) is 1.63. The molecular weight excluding hydrogens is 326 g/mol. The van der Waals surface area contributed by atoms with Crippen molar-refractivity contribution in [2.24, 2.45) is 5.73 Å². The second kappa shape index (κ2) is 6.71. The minimum Gasteiger partial charge on any atom is -0.494 e. The zero-order valence-electron chi connectivity index (χ0n) is 13.3. The number of thiazole rings is 1. The van der Waals surface area contributed by atoms with E-state index >= 15 is 0 Å². The molecule has 8 heteroatoms. The number of nitrogens with zero attached hydrogens (tertiary/aromatic N) is 3. The largest absolute Gasteiger partial charge is 0.494 e. The number of carbonyl (C=O) groups is 1. The van der Waals surface area contributed by atoms with Crippen LogP contribution in [0.15, 0.2) is 36.1 Å². The Labute approximate surface area is 143 Å². The van der Waals surface area contributed by atoms with E-state index < -0.39 is 5.91 Å². The third kappa shape index (κ3) is 3.54. The van der Waals surface area contributed by atoms with Crippen LogP contribution in [0.3, 0.4) is 0 Å². The molecule has 124 valence electrons. The van der Waals surface area contributed by atoms with Crippen LogP contribution in [0.25, 0.3) is 5.69 Å². The van der Waals surface area contributed by atoms with Crippen molar-refractivity contribution < 1.29 is 9.53 Å². The second-order valence-electron chi connectivity index (χ2n) is 5.22. The van der Waals surface area contributed by atoms with E-state index in [2.05, 4.69) is 15.3 Å². The van der Waals surface area contributed by atoms with E-state index in [1.54, 1.807) is 13.4 Å². The molecule has 0 saturated carbocycles. The lowest BCUT2D eigenvalue weighted by atomic mass is 10.2. The highest BCUT2D eigenvalue weighted by Crippen LogP contribution is 2.29. The van der Waals surface area contributed by atoms with Crippen molar-refractivity contribution >= 4 is 28.1 Å². The number of amides is 1. The maximum atomic E-state index is 10.9. The Hall–Kier alpha value is -2.87. The first-order valence-electron chi connectivity index (χ1n) is 7.24. The van der Waals surface area contributed by atoms with Gasteiger partial charge in [0.1, 0.15) is 5.75 Å². The van der Waals surface area contributed by atoms with Gasteiger partial charge in [-0.2, -0.15) is 0 Å². The number of carbonyl (C=O) groups excluding carboxylic acids is 1. The smallest absolute Gasteiger partial charge is 0.223 e. The third-order valence-corrected chi connectivity index (χ3v) is 4.13. The summed E-state index contributed by atoms with van der Waals surface area (Å²) in [5, 5.41) is 5.71. The van der Waals surface area contributed by atoms with E-state index in [4.69, 9.17) is 10.5 Å². The van der Waals surface area contributed by atoms with Crippen molar-refractivity contribution in [1.82, 2.24) is 14.5 Å². The molecule has 0 atom stereocenters. The highest BCUT2D eigenvalue weighted by molar-refractivity contribution is 7.13. The Morgan fingerprint density at radius 3 is 2.96 bits per heavy atom. The molecule has 0 aliphatic carbocycles. The summed E-state index contributed by atoms with van der Waals surface area (Å²) in [4.78, 5) is 19.5. The molecule has 2 heterocycles. The molecule has 0 saturated heterocycles. The molecule has 1 aromatic carbocycles. The van der Waals surface area contributed by atoms with Gasteiger partial charge in [0.15, 0.2) is 5.13 Å². The van der Waals surface area contributed by atoms with Gasteiger partial charge in [0.05, 0.1) is 36.9 Å². The number of hydrogen-bond donors (Lipinski definition) is 2. The van der Waals surface area contributed by atoms with Crippen molar-refractivity contribution in [1.29, 1.82) is 0 Å². The van der Waals surface area contributed by atoms with Gasteiger partial charge >= 0.3 is 0 Å². The Morgan fingerprint density at radius 2 is 2.29 bits per heavy atom. The molecule has 0 bridgehead atoms. The van der Waals surface area contributed by atoms with E-state index in [-0.39, 0.29) is 6.42 Å². The fourth-order valence-electron chi connectivity index (χ4n) is 2.27. The maximum absolute atomic E-state index is 10.9. The minimum absolute atomic E-state index is 0.139. The number of nitrogens with one attached hydrogen (secondary N) is 1. The summed E-state index contributed by atoms with van der Waals surface area (Å²) in [6.07, 6.45) is 3.82. The summed E-state index contributed by atoms with van der Waals surface area (Å²) in [5.74, 6) is 0.319. The molecule has 3 rings (SSSR count). The Kier molecular flexibility index (Phi) is 4.48. The molecule has 24 heavy (non-hydrogen) atoms. The molecule has 0 aliphatic heterocycles. The number of aryl methyl sites for hydroxylation is 1. The van der Waals surface area contributed by atoms with Gasteiger partial charge < -0.3 is 20.4 Å². The second-order valence-corrected chi connectivity index (χ2v) is 6.08. The van der Waals surface area contributed by atoms with Crippen LogP contribution in [0.5, 0.6) is 5.75 Å². The van der Waals surface area contributed by atoms with E-state index in [0.717, 1.165) is 17.1 Å². The SMILES string of the molecule is COc1cc(Nc2nc(CC(N)=O)cs2)ccc1-n1cnc(C)c1. The summed E-state index contributed by atoms with van der Waals surface area (Å²) in [6, 6.07) is 5.77. The van der Waals surface area contributed by atoms with E-state index in [9.17, 15) is 4.79 Å². The maximum Gasteiger partial charge on any atom is 0.223 e. The predicted octanol–water partition coefficient (Wildman–Crippen LogP) is 2.42. The van der Waals surface area contributed by atoms with Gasteiger partial charge in [-0.3, -0.25) is 4.79 Å². The lowest BCUT2D eigenvalue weighted by Crippen LogP contribution is -2.13. The minimum atomic E-state index is -0.395. The van der Waals surface area contributed by atoms with Gasteiger partial charge in [0.25, 0.3) is 0 Å². The quantitative estimate of drug-likeness (QED) is 0.717. The lowest BCUT2D eigenvalue weighted by molar-refractivity contribution is -0.117. The molecule has 7 nitrogen and oxygen atoms in total. The van der Waals surface area contributed by atoms with Crippen molar-refractivity contribution in [3.05, 3.63) is 47.5 Å². The third-order valence-electron chi connectivity index (χ3n) is 3.33. The highest BCUT2D eigenvalue weighted by Gasteiger charge is 2.09. The average molecular weight is 343 g/mol. The Morgan fingerprint density at radius 1 is 1.46 bits per heavy atom. The topological polar surface area (TPSA) is 95.1 Å². The van der Waals surface area contributed by atoms with Crippen LogP contribution < -0.4 is 15.8 Å². The molecule has 3 aromatic rings. The first-order chi connectivity index (χ1) is 11.5. The van der Waals surface area contributed by atoms with E-state index in [1.807, 2.05) is 41.3 Å². The first kappa shape index (κ1) is 16.0. The summed E-state index contributed by atoms with van der Waals surface area (Å²) < 4.78 is 7.39. The Bertz CT molecular complexity index is 871. The van der Waals surface area contributed by atoms with Crippen LogP contribution in [0.1, 0.15) is 11.4 Å². The summed E-state index contributed by atoms with van der Waals surface area (Å²) in [5.41, 5.74) is 8.51. The van der Waals surface area contributed by atoms with Crippen molar-refractivity contribution in [3.63, 3.8) is 0 Å². The van der Waals surface area contributed by atoms with E-state index in [0.29, 0.717) is 16.6 Å². The van der Waals surface area contributed by atoms with Gasteiger partial charge in [-0.25, -0.2) is 9.97 Å². The molecule has 1 amide bonds. The van der Waals surface area contributed by atoms with Crippen LogP contribution in [0.2, 0.25) is 0 Å². The number of primary amides is 1. The van der Waals surface area contributed by atoms with Gasteiger partial charge in [0.2, 0.25) is 5.91 Å². The molecule has 2 aromatic heterocycles. The highest BCUT2D eigenvalue weighted by atomic mass is 32.1. The van der Waals surface area contributed by atoms with Crippen LogP contribution in [-0.4, -0.2) is 27.6 Å². The fraction of sp³-hybridized carbons (Fsp3) is 0.188. The monoisotopic (exact) mass is 343 g/mol. The average Bonchev–Trinajstić information content (AvgIpc) is 3.16. The van der Waals surface area contributed by atoms with Crippen molar-refractivity contribution in [2.45, 2.75) is 13.3 Å². The van der Waals surface area contributed by atoms with Crippen molar-refractivity contribution in [2.75, 3.05) is 12.4 Å². The fourth-order valence-corrected chi connectivity index (χ4v) is 3.00. The number of aromatic nitrogens is 3. The Balaban J connectivity index is 1.82. The van der Waals surface area contributed by atoms with Gasteiger partial charge in [-0.1, -0.05) is 0 Å². The number of nitrogens with two attached hydrogens (primary N) is 1. The number of methoxy groups -OCH3 is 1. The first-order valence-corrected chi connectivity index (χ1v) is 8.12. The van der Waals surface area contributed by atoms with Crippen LogP contribution >= 0.6 is 11.3 Å². The molecule has 0 fully saturated rings. The predicted molar refractivity (Wildman–Crippen MR) is 93.1 cm³/mol.